The summed E-state index contributed by atoms with van der Waals surface area (Å²) in [5.74, 6) is 1.02. The van der Waals surface area contributed by atoms with E-state index in [4.69, 9.17) is 19.3 Å². The zero-order valence-electron chi connectivity index (χ0n) is 23.8. The van der Waals surface area contributed by atoms with Gasteiger partial charge in [0, 0.05) is 43.5 Å². The van der Waals surface area contributed by atoms with Gasteiger partial charge in [0.2, 0.25) is 0 Å². The van der Waals surface area contributed by atoms with Crippen LogP contribution in [0.2, 0.25) is 0 Å². The molecular formula is C33H37NO7. The topological polar surface area (TPSA) is 106 Å². The molecule has 2 atom stereocenters. The predicted molar refractivity (Wildman–Crippen MR) is 155 cm³/mol. The second kappa shape index (κ2) is 12.2. The summed E-state index contributed by atoms with van der Waals surface area (Å²) < 4.78 is 18.1. The molecule has 2 aliphatic rings. The van der Waals surface area contributed by atoms with Crippen LogP contribution in [0.5, 0.6) is 17.2 Å². The number of amides is 1. The Balaban J connectivity index is 1.22. The van der Waals surface area contributed by atoms with Crippen LogP contribution < -0.4 is 14.2 Å². The molecule has 0 radical (unpaired) electrons. The number of likely N-dealkylation sites (tertiary alicyclic amines) is 1. The third-order valence-corrected chi connectivity index (χ3v) is 7.83. The molecule has 41 heavy (non-hydrogen) atoms. The number of hydrogen-bond acceptors (Lipinski definition) is 6. The average Bonchev–Trinajstić information content (AvgIpc) is 3.33. The molecule has 1 unspecified atom stereocenters. The molecule has 1 amide bonds. The number of carboxylic acid groups (broad SMARTS) is 1. The first-order valence-corrected chi connectivity index (χ1v) is 14.1. The number of aliphatic carboxylic acids is 1. The summed E-state index contributed by atoms with van der Waals surface area (Å²) in [6.07, 6.45) is 0.590. The summed E-state index contributed by atoms with van der Waals surface area (Å²) in [5.41, 5.74) is 6.44. The van der Waals surface area contributed by atoms with Crippen molar-refractivity contribution in [3.63, 3.8) is 0 Å². The Kier molecular flexibility index (Phi) is 8.49. The summed E-state index contributed by atoms with van der Waals surface area (Å²) in [7, 11) is 0. The molecule has 8 heteroatoms. The zero-order valence-corrected chi connectivity index (χ0v) is 23.8. The van der Waals surface area contributed by atoms with E-state index in [2.05, 4.69) is 38.1 Å². The van der Waals surface area contributed by atoms with Crippen molar-refractivity contribution < 1.29 is 34.0 Å². The van der Waals surface area contributed by atoms with Crippen LogP contribution in [0.3, 0.4) is 0 Å². The maximum atomic E-state index is 12.0. The Morgan fingerprint density at radius 3 is 2.44 bits per heavy atom. The maximum Gasteiger partial charge on any atom is 0.304 e. The summed E-state index contributed by atoms with van der Waals surface area (Å²) >= 11 is 0. The van der Waals surface area contributed by atoms with E-state index < -0.39 is 12.1 Å². The fourth-order valence-electron chi connectivity index (χ4n) is 5.81. The van der Waals surface area contributed by atoms with E-state index in [-0.39, 0.29) is 24.3 Å². The highest BCUT2D eigenvalue weighted by atomic mass is 16.5. The van der Waals surface area contributed by atoms with Crippen molar-refractivity contribution in [2.75, 3.05) is 19.7 Å². The highest BCUT2D eigenvalue weighted by Gasteiger charge is 2.27. The standard InChI is InChI=1S/C33H37NO7/c1-20-13-28(41-26-9-11-34(12-10-26)33(38)22(3)35)14-21(2)32(20)24-6-4-5-23(15-24)18-39-27-7-8-29-25(16-31(36)37)19-40-30(29)17-27/h4-8,13-15,17,22,25-26,35H,9-12,16,18-19H2,1-3H3,(H,36,37)/t22?,25-/m1/s1. The van der Waals surface area contributed by atoms with Crippen molar-refractivity contribution in [3.05, 3.63) is 76.9 Å². The van der Waals surface area contributed by atoms with Gasteiger partial charge in [-0.05, 0) is 72.9 Å². The molecular weight excluding hydrogens is 522 g/mol. The number of carboxylic acids is 1. The molecule has 0 spiro atoms. The number of carbonyl (C=O) groups excluding carboxylic acids is 1. The first-order valence-electron chi connectivity index (χ1n) is 14.1. The molecule has 0 bridgehead atoms. The molecule has 5 rings (SSSR count). The molecule has 0 aromatic heterocycles. The number of aliphatic hydroxyl groups is 1. The van der Waals surface area contributed by atoms with Crippen LogP contribution in [0.25, 0.3) is 11.1 Å². The lowest BCUT2D eigenvalue weighted by molar-refractivity contribution is -0.141. The van der Waals surface area contributed by atoms with E-state index in [1.807, 2.05) is 30.3 Å². The van der Waals surface area contributed by atoms with Gasteiger partial charge in [-0.3, -0.25) is 9.59 Å². The molecule has 8 nitrogen and oxygen atoms in total. The third kappa shape index (κ3) is 6.65. The Hall–Kier alpha value is -4.04. The van der Waals surface area contributed by atoms with Crippen LogP contribution in [-0.2, 0) is 16.2 Å². The van der Waals surface area contributed by atoms with Gasteiger partial charge in [-0.15, -0.1) is 0 Å². The van der Waals surface area contributed by atoms with E-state index in [0.29, 0.717) is 37.8 Å². The number of fused-ring (bicyclic) bond motifs is 1. The Labute approximate surface area is 240 Å². The number of hydrogen-bond donors (Lipinski definition) is 2. The molecule has 216 valence electrons. The van der Waals surface area contributed by atoms with Gasteiger partial charge in [0.1, 0.15) is 36.1 Å². The van der Waals surface area contributed by atoms with Crippen molar-refractivity contribution in [3.8, 4) is 28.4 Å². The summed E-state index contributed by atoms with van der Waals surface area (Å²) in [4.78, 5) is 24.9. The van der Waals surface area contributed by atoms with Gasteiger partial charge in [0.15, 0.2) is 0 Å². The largest absolute Gasteiger partial charge is 0.492 e. The van der Waals surface area contributed by atoms with Crippen molar-refractivity contribution in [2.45, 2.75) is 64.8 Å². The monoisotopic (exact) mass is 559 g/mol. The van der Waals surface area contributed by atoms with Crippen LogP contribution in [0.1, 0.15) is 54.4 Å². The number of nitrogens with zero attached hydrogens (tertiary/aromatic N) is 1. The molecule has 1 fully saturated rings. The molecule has 3 aromatic carbocycles. The van der Waals surface area contributed by atoms with Crippen LogP contribution in [0.15, 0.2) is 54.6 Å². The lowest BCUT2D eigenvalue weighted by atomic mass is 9.94. The predicted octanol–water partition coefficient (Wildman–Crippen LogP) is 5.25. The molecule has 2 aliphatic heterocycles. The minimum Gasteiger partial charge on any atom is -0.492 e. The molecule has 0 saturated carbocycles. The number of aliphatic hydroxyl groups excluding tert-OH is 1. The van der Waals surface area contributed by atoms with Gasteiger partial charge < -0.3 is 29.3 Å². The molecule has 3 aromatic rings. The van der Waals surface area contributed by atoms with Gasteiger partial charge >= 0.3 is 5.97 Å². The number of carbonyl (C=O) groups is 2. The Morgan fingerprint density at radius 1 is 1.02 bits per heavy atom. The zero-order chi connectivity index (χ0) is 29.1. The minimum atomic E-state index is -0.969. The number of rotatable bonds is 9. The number of benzene rings is 3. The number of piperidine rings is 1. The Morgan fingerprint density at radius 2 is 1.76 bits per heavy atom. The fourth-order valence-corrected chi connectivity index (χ4v) is 5.81. The van der Waals surface area contributed by atoms with Crippen molar-refractivity contribution in [1.82, 2.24) is 4.90 Å². The molecule has 0 aliphatic carbocycles. The van der Waals surface area contributed by atoms with E-state index in [1.54, 1.807) is 4.90 Å². The second-order valence-electron chi connectivity index (χ2n) is 11.0. The molecule has 2 heterocycles. The fraction of sp³-hybridized carbons (Fsp3) is 0.394. The second-order valence-corrected chi connectivity index (χ2v) is 11.0. The Bertz CT molecular complexity index is 1400. The normalized spacial score (nSPS) is 17.5. The van der Waals surface area contributed by atoms with Crippen molar-refractivity contribution >= 4 is 11.9 Å². The van der Waals surface area contributed by atoms with E-state index in [9.17, 15) is 14.7 Å². The number of ether oxygens (including phenoxy) is 3. The SMILES string of the molecule is Cc1cc(OC2CCN(C(=O)C(C)O)CC2)cc(C)c1-c1cccc(COc2ccc3c(c2)OC[C@H]3CC(=O)O)c1. The highest BCUT2D eigenvalue weighted by molar-refractivity contribution is 5.80. The minimum absolute atomic E-state index is 0.0332. The van der Waals surface area contributed by atoms with Gasteiger partial charge in [-0.2, -0.15) is 0 Å². The van der Waals surface area contributed by atoms with Crippen LogP contribution in [0, 0.1) is 13.8 Å². The first kappa shape index (κ1) is 28.5. The summed E-state index contributed by atoms with van der Waals surface area (Å²) in [6.45, 7) is 7.62. The van der Waals surface area contributed by atoms with Crippen LogP contribution >= 0.6 is 0 Å². The van der Waals surface area contributed by atoms with Crippen molar-refractivity contribution in [1.29, 1.82) is 0 Å². The van der Waals surface area contributed by atoms with Gasteiger partial charge in [-0.25, -0.2) is 0 Å². The first-order chi connectivity index (χ1) is 19.7. The lowest BCUT2D eigenvalue weighted by Crippen LogP contribution is -2.45. The van der Waals surface area contributed by atoms with Crippen molar-refractivity contribution in [2.24, 2.45) is 0 Å². The van der Waals surface area contributed by atoms with Crippen LogP contribution in [0.4, 0.5) is 0 Å². The summed E-state index contributed by atoms with van der Waals surface area (Å²) in [6, 6.07) is 18.0. The average molecular weight is 560 g/mol. The van der Waals surface area contributed by atoms with Gasteiger partial charge in [0.05, 0.1) is 13.0 Å². The third-order valence-electron chi connectivity index (χ3n) is 7.83. The lowest BCUT2D eigenvalue weighted by Gasteiger charge is -2.33. The maximum absolute atomic E-state index is 12.0. The van der Waals surface area contributed by atoms with E-state index >= 15 is 0 Å². The molecule has 1 saturated heterocycles. The quantitative estimate of drug-likeness (QED) is 0.369. The van der Waals surface area contributed by atoms with E-state index in [0.717, 1.165) is 52.0 Å². The van der Waals surface area contributed by atoms with Gasteiger partial charge in [-0.1, -0.05) is 24.3 Å². The smallest absolute Gasteiger partial charge is 0.304 e. The van der Waals surface area contributed by atoms with Gasteiger partial charge in [0.25, 0.3) is 5.91 Å². The summed E-state index contributed by atoms with van der Waals surface area (Å²) in [5, 5.41) is 18.7. The highest BCUT2D eigenvalue weighted by Crippen LogP contribution is 2.38. The van der Waals surface area contributed by atoms with E-state index in [1.165, 1.54) is 6.92 Å². The van der Waals surface area contributed by atoms with Crippen LogP contribution in [-0.4, -0.2) is 58.9 Å². The number of aryl methyl sites for hydroxylation is 2. The molecule has 2 N–H and O–H groups in total.